The smallest absolute Gasteiger partial charge is 0.350 e. The first kappa shape index (κ1) is 24.3. The summed E-state index contributed by atoms with van der Waals surface area (Å²) < 4.78 is 41.8. The lowest BCUT2D eigenvalue weighted by molar-refractivity contribution is -0.896. The zero-order valence-electron chi connectivity index (χ0n) is 17.6. The number of halogens is 5. The summed E-state index contributed by atoms with van der Waals surface area (Å²) in [7, 11) is 0. The number of benzene rings is 1. The first-order valence-corrected chi connectivity index (χ1v) is 10.9. The number of fused-ring (bicyclic) bond motifs is 1. The van der Waals surface area contributed by atoms with E-state index in [0.29, 0.717) is 16.6 Å². The molecule has 2 N–H and O–H groups in total. The fraction of sp³-hybridized carbons (Fsp3) is 0.381. The summed E-state index contributed by atoms with van der Waals surface area (Å²) in [6.45, 7) is 7.46. The van der Waals surface area contributed by atoms with Crippen molar-refractivity contribution in [3.63, 3.8) is 0 Å². The summed E-state index contributed by atoms with van der Waals surface area (Å²) >= 11 is 11.9. The zero-order chi connectivity index (χ0) is 23.5. The minimum absolute atomic E-state index is 0.0393. The third-order valence-corrected chi connectivity index (χ3v) is 5.90. The molecule has 11 heteroatoms. The second kappa shape index (κ2) is 10.1. The van der Waals surface area contributed by atoms with Crippen LogP contribution in [0.1, 0.15) is 36.5 Å². The molecule has 0 bridgehead atoms. The summed E-state index contributed by atoms with van der Waals surface area (Å²) in [5.41, 5.74) is -0.883. The average molecular weight is 489 g/mol. The lowest BCUT2D eigenvalue weighted by Gasteiger charge is -2.14. The van der Waals surface area contributed by atoms with E-state index >= 15 is 0 Å². The quantitative estimate of drug-likeness (QED) is 0.474. The summed E-state index contributed by atoms with van der Waals surface area (Å²) in [6.07, 6.45) is -3.96. The SMILES string of the molecule is CC[NH+](CC)CCCNC(=O)c1cc2nc(-c3ccc(Cl)c(Cl)c3)cc(C(F)(F)F)n2n1. The summed E-state index contributed by atoms with van der Waals surface area (Å²) in [4.78, 5) is 18.1. The maximum absolute atomic E-state index is 13.7. The fourth-order valence-electron chi connectivity index (χ4n) is 3.33. The van der Waals surface area contributed by atoms with E-state index in [1.165, 1.54) is 29.2 Å². The van der Waals surface area contributed by atoms with Crippen molar-refractivity contribution < 1.29 is 22.9 Å². The Bertz CT molecular complexity index is 1110. The number of aromatic nitrogens is 3. The van der Waals surface area contributed by atoms with Crippen LogP contribution in [0.25, 0.3) is 16.9 Å². The molecule has 0 saturated heterocycles. The van der Waals surface area contributed by atoms with Gasteiger partial charge in [0.05, 0.1) is 35.4 Å². The lowest BCUT2D eigenvalue weighted by Crippen LogP contribution is -3.11. The van der Waals surface area contributed by atoms with Crippen LogP contribution in [0.3, 0.4) is 0 Å². The number of hydrogen-bond donors (Lipinski definition) is 2. The van der Waals surface area contributed by atoms with Gasteiger partial charge < -0.3 is 10.2 Å². The number of hydrogen-bond acceptors (Lipinski definition) is 3. The highest BCUT2D eigenvalue weighted by Gasteiger charge is 2.35. The second-order valence-corrected chi connectivity index (χ2v) is 8.08. The Morgan fingerprint density at radius 1 is 1.12 bits per heavy atom. The van der Waals surface area contributed by atoms with Gasteiger partial charge in [0, 0.05) is 24.6 Å². The Labute approximate surface area is 193 Å². The van der Waals surface area contributed by atoms with Gasteiger partial charge in [-0.2, -0.15) is 18.3 Å². The summed E-state index contributed by atoms with van der Waals surface area (Å²) in [5.74, 6) is -0.547. The van der Waals surface area contributed by atoms with Gasteiger partial charge in [-0.3, -0.25) is 4.79 Å². The molecule has 0 unspecified atom stereocenters. The minimum Gasteiger partial charge on any atom is -0.350 e. The van der Waals surface area contributed by atoms with Crippen LogP contribution in [0.15, 0.2) is 30.3 Å². The first-order chi connectivity index (χ1) is 15.1. The van der Waals surface area contributed by atoms with Gasteiger partial charge >= 0.3 is 6.18 Å². The van der Waals surface area contributed by atoms with Gasteiger partial charge in [-0.15, -0.1) is 0 Å². The molecule has 1 aromatic carbocycles. The summed E-state index contributed by atoms with van der Waals surface area (Å²) in [5, 5.41) is 7.04. The molecule has 0 spiro atoms. The average Bonchev–Trinajstić information content (AvgIpc) is 3.18. The number of nitrogens with one attached hydrogen (secondary N) is 2. The molecule has 2 aromatic heterocycles. The van der Waals surface area contributed by atoms with E-state index in [1.54, 1.807) is 0 Å². The van der Waals surface area contributed by atoms with Gasteiger partial charge in [0.1, 0.15) is 0 Å². The molecule has 32 heavy (non-hydrogen) atoms. The summed E-state index contributed by atoms with van der Waals surface area (Å²) in [6, 6.07) is 6.54. The molecule has 172 valence electrons. The number of carbonyl (C=O) groups excluding carboxylic acids is 1. The molecular weight excluding hydrogens is 466 g/mol. The molecular formula is C21H23Cl2F3N5O+. The lowest BCUT2D eigenvalue weighted by atomic mass is 10.1. The first-order valence-electron chi connectivity index (χ1n) is 10.2. The molecule has 3 aromatic rings. The number of quaternary nitrogens is 1. The van der Waals surface area contributed by atoms with Crippen molar-refractivity contribution >= 4 is 34.8 Å². The van der Waals surface area contributed by atoms with Crippen LogP contribution in [-0.2, 0) is 6.18 Å². The highest BCUT2D eigenvalue weighted by molar-refractivity contribution is 6.42. The molecule has 0 fully saturated rings. The predicted octanol–water partition coefficient (Wildman–Crippen LogP) is 3.77. The molecule has 0 atom stereocenters. The molecule has 0 aliphatic heterocycles. The Morgan fingerprint density at radius 3 is 2.47 bits per heavy atom. The van der Waals surface area contributed by atoms with Crippen LogP contribution in [0, 0.1) is 0 Å². The largest absolute Gasteiger partial charge is 0.433 e. The van der Waals surface area contributed by atoms with Gasteiger partial charge in [-0.05, 0) is 32.0 Å². The molecule has 3 rings (SSSR count). The van der Waals surface area contributed by atoms with Crippen LogP contribution in [0.4, 0.5) is 13.2 Å². The van der Waals surface area contributed by atoms with Crippen molar-refractivity contribution in [2.45, 2.75) is 26.4 Å². The van der Waals surface area contributed by atoms with E-state index in [1.807, 2.05) is 0 Å². The van der Waals surface area contributed by atoms with E-state index in [-0.39, 0.29) is 27.1 Å². The van der Waals surface area contributed by atoms with E-state index in [4.69, 9.17) is 23.2 Å². The topological polar surface area (TPSA) is 63.7 Å². The van der Waals surface area contributed by atoms with E-state index in [2.05, 4.69) is 29.2 Å². The van der Waals surface area contributed by atoms with Crippen molar-refractivity contribution in [1.29, 1.82) is 0 Å². The van der Waals surface area contributed by atoms with Crippen molar-refractivity contribution in [2.24, 2.45) is 0 Å². The van der Waals surface area contributed by atoms with Crippen molar-refractivity contribution in [2.75, 3.05) is 26.2 Å². The van der Waals surface area contributed by atoms with Gasteiger partial charge in [-0.1, -0.05) is 29.3 Å². The number of nitrogens with zero attached hydrogens (tertiary/aromatic N) is 3. The number of alkyl halides is 3. The second-order valence-electron chi connectivity index (χ2n) is 7.27. The fourth-order valence-corrected chi connectivity index (χ4v) is 3.62. The maximum atomic E-state index is 13.7. The highest BCUT2D eigenvalue weighted by atomic mass is 35.5. The van der Waals surface area contributed by atoms with E-state index < -0.39 is 17.8 Å². The van der Waals surface area contributed by atoms with Crippen molar-refractivity contribution in [3.05, 3.63) is 51.8 Å². The Morgan fingerprint density at radius 2 is 1.84 bits per heavy atom. The van der Waals surface area contributed by atoms with Crippen LogP contribution < -0.4 is 10.2 Å². The van der Waals surface area contributed by atoms with Crippen LogP contribution >= 0.6 is 23.2 Å². The molecule has 0 saturated carbocycles. The van der Waals surface area contributed by atoms with Gasteiger partial charge in [0.15, 0.2) is 17.0 Å². The van der Waals surface area contributed by atoms with Gasteiger partial charge in [0.2, 0.25) is 0 Å². The Hall–Kier alpha value is -2.36. The Balaban J connectivity index is 1.89. The number of rotatable bonds is 8. The normalized spacial score (nSPS) is 12.0. The van der Waals surface area contributed by atoms with E-state index in [9.17, 15) is 18.0 Å². The predicted molar refractivity (Wildman–Crippen MR) is 117 cm³/mol. The maximum Gasteiger partial charge on any atom is 0.433 e. The standard InChI is InChI=1S/C21H22Cl2F3N5O/c1-3-30(4-2)9-5-8-27-20(32)17-12-19-28-16(13-6-7-14(22)15(23)10-13)11-18(21(24,25)26)31(19)29-17/h6-7,10-12H,3-5,8-9H2,1-2H3,(H,27,32)/p+1. The third-order valence-electron chi connectivity index (χ3n) is 5.16. The van der Waals surface area contributed by atoms with Crippen LogP contribution in [-0.4, -0.2) is 46.7 Å². The third kappa shape index (κ3) is 5.51. The van der Waals surface area contributed by atoms with E-state index in [0.717, 1.165) is 32.1 Å². The van der Waals surface area contributed by atoms with Gasteiger partial charge in [-0.25, -0.2) is 9.50 Å². The highest BCUT2D eigenvalue weighted by Crippen LogP contribution is 2.34. The van der Waals surface area contributed by atoms with Crippen LogP contribution in [0.5, 0.6) is 0 Å². The zero-order valence-corrected chi connectivity index (χ0v) is 19.1. The molecule has 0 aliphatic carbocycles. The number of carbonyl (C=O) groups is 1. The molecule has 1 amide bonds. The van der Waals surface area contributed by atoms with Gasteiger partial charge in [0.25, 0.3) is 5.91 Å². The monoisotopic (exact) mass is 488 g/mol. The molecule has 0 aliphatic rings. The Kier molecular flexibility index (Phi) is 7.63. The van der Waals surface area contributed by atoms with Crippen molar-refractivity contribution in [1.82, 2.24) is 19.9 Å². The minimum atomic E-state index is -4.71. The molecule has 0 radical (unpaired) electrons. The molecule has 2 heterocycles. The molecule has 6 nitrogen and oxygen atoms in total. The van der Waals surface area contributed by atoms with Crippen molar-refractivity contribution in [3.8, 4) is 11.3 Å². The van der Waals surface area contributed by atoms with Crippen LogP contribution in [0.2, 0.25) is 10.0 Å². The number of amides is 1.